The molecule has 0 atom stereocenters. The summed E-state index contributed by atoms with van der Waals surface area (Å²) in [4.78, 5) is 11.4. The van der Waals surface area contributed by atoms with Gasteiger partial charge >= 0.3 is 0 Å². The monoisotopic (exact) mass is 218 g/mol. The van der Waals surface area contributed by atoms with Crippen molar-refractivity contribution in [2.45, 2.75) is 6.54 Å². The molecular weight excluding hydrogens is 210 g/mol. The second-order valence-electron chi connectivity index (χ2n) is 3.22. The van der Waals surface area contributed by atoms with Crippen molar-refractivity contribution in [2.75, 3.05) is 0 Å². The number of hydrogen-bond acceptors (Lipinski definition) is 1. The summed E-state index contributed by atoms with van der Waals surface area (Å²) in [5.41, 5.74) is 0.877. The van der Waals surface area contributed by atoms with E-state index in [0.717, 1.165) is 5.56 Å². The Labute approximate surface area is 92.7 Å². The predicted octanol–water partition coefficient (Wildman–Crippen LogP) is 2.35. The molecule has 0 aliphatic carbocycles. The van der Waals surface area contributed by atoms with Gasteiger partial charge in [-0.05, 0) is 29.8 Å². The van der Waals surface area contributed by atoms with Gasteiger partial charge in [-0.1, -0.05) is 23.7 Å². The molecular formula is C12H9ClNO. The van der Waals surface area contributed by atoms with Crippen molar-refractivity contribution in [3.63, 3.8) is 0 Å². The number of pyridine rings is 1. The maximum atomic E-state index is 11.4. The molecule has 2 rings (SSSR count). The molecule has 0 aliphatic heterocycles. The summed E-state index contributed by atoms with van der Waals surface area (Å²) in [6, 6.07) is 13.5. The predicted molar refractivity (Wildman–Crippen MR) is 60.1 cm³/mol. The molecule has 0 aliphatic rings. The van der Waals surface area contributed by atoms with Crippen LogP contribution < -0.4 is 5.56 Å². The van der Waals surface area contributed by atoms with E-state index in [0.29, 0.717) is 11.6 Å². The summed E-state index contributed by atoms with van der Waals surface area (Å²) >= 11 is 5.86. The third-order valence-electron chi connectivity index (χ3n) is 2.07. The first-order chi connectivity index (χ1) is 7.25. The van der Waals surface area contributed by atoms with E-state index in [1.54, 1.807) is 22.9 Å². The zero-order valence-corrected chi connectivity index (χ0v) is 8.74. The maximum absolute atomic E-state index is 11.4. The fourth-order valence-electron chi connectivity index (χ4n) is 1.37. The Balaban J connectivity index is 2.30. The van der Waals surface area contributed by atoms with Crippen molar-refractivity contribution < 1.29 is 0 Å². The SMILES string of the molecule is O=c1[c]cccn1Cc1cccc(Cl)c1. The van der Waals surface area contributed by atoms with Crippen LogP contribution in [0.15, 0.2) is 47.4 Å². The van der Waals surface area contributed by atoms with Crippen molar-refractivity contribution in [1.82, 2.24) is 4.57 Å². The Kier molecular flexibility index (Phi) is 2.88. The molecule has 1 radical (unpaired) electrons. The Hall–Kier alpha value is -1.54. The summed E-state index contributed by atoms with van der Waals surface area (Å²) in [6.07, 6.45) is 1.74. The second kappa shape index (κ2) is 4.32. The van der Waals surface area contributed by atoms with Crippen LogP contribution in [-0.4, -0.2) is 4.57 Å². The second-order valence-corrected chi connectivity index (χ2v) is 3.65. The number of halogens is 1. The molecule has 2 nitrogen and oxygen atoms in total. The highest BCUT2D eigenvalue weighted by atomic mass is 35.5. The van der Waals surface area contributed by atoms with E-state index in [1.807, 2.05) is 24.3 Å². The molecule has 0 amide bonds. The molecule has 0 saturated carbocycles. The van der Waals surface area contributed by atoms with Gasteiger partial charge in [0.2, 0.25) is 0 Å². The zero-order chi connectivity index (χ0) is 10.7. The molecule has 3 heteroatoms. The lowest BCUT2D eigenvalue weighted by atomic mass is 10.2. The van der Waals surface area contributed by atoms with Gasteiger partial charge < -0.3 is 4.57 Å². The van der Waals surface area contributed by atoms with Crippen LogP contribution in [-0.2, 0) is 6.54 Å². The van der Waals surface area contributed by atoms with E-state index in [9.17, 15) is 4.79 Å². The summed E-state index contributed by atoms with van der Waals surface area (Å²) in [5.74, 6) is 0. The van der Waals surface area contributed by atoms with Crippen LogP contribution in [0.5, 0.6) is 0 Å². The van der Waals surface area contributed by atoms with E-state index in [-0.39, 0.29) is 5.56 Å². The third-order valence-corrected chi connectivity index (χ3v) is 2.31. The minimum Gasteiger partial charge on any atom is -0.311 e. The fourth-order valence-corrected chi connectivity index (χ4v) is 1.59. The smallest absolute Gasteiger partial charge is 0.258 e. The van der Waals surface area contributed by atoms with Gasteiger partial charge in [0.05, 0.1) is 12.6 Å². The molecule has 1 aromatic heterocycles. The van der Waals surface area contributed by atoms with E-state index < -0.39 is 0 Å². The van der Waals surface area contributed by atoms with Crippen LogP contribution in [0.3, 0.4) is 0 Å². The van der Waals surface area contributed by atoms with E-state index in [4.69, 9.17) is 11.6 Å². The number of hydrogen-bond donors (Lipinski definition) is 0. The molecule has 0 unspecified atom stereocenters. The maximum Gasteiger partial charge on any atom is 0.258 e. The Morgan fingerprint density at radius 3 is 2.93 bits per heavy atom. The van der Waals surface area contributed by atoms with E-state index in [1.165, 1.54) is 0 Å². The standard InChI is InChI=1S/C12H9ClNO/c13-11-5-3-4-10(8-11)9-14-7-2-1-6-12(14)15/h1-5,7-8H,9H2. The van der Waals surface area contributed by atoms with Crippen LogP contribution in [0.1, 0.15) is 5.56 Å². The summed E-state index contributed by atoms with van der Waals surface area (Å²) in [5, 5.41) is 0.681. The lowest BCUT2D eigenvalue weighted by Gasteiger charge is -2.04. The summed E-state index contributed by atoms with van der Waals surface area (Å²) in [6.45, 7) is 0.525. The van der Waals surface area contributed by atoms with Crippen molar-refractivity contribution in [3.8, 4) is 0 Å². The average Bonchev–Trinajstić information content (AvgIpc) is 2.22. The van der Waals surface area contributed by atoms with E-state index in [2.05, 4.69) is 6.07 Å². The molecule has 75 valence electrons. The normalized spacial score (nSPS) is 10.2. The first-order valence-electron chi connectivity index (χ1n) is 4.57. The first-order valence-corrected chi connectivity index (χ1v) is 4.95. The molecule has 0 spiro atoms. The number of rotatable bonds is 2. The van der Waals surface area contributed by atoms with Crippen LogP contribution in [0.2, 0.25) is 5.02 Å². The quantitative estimate of drug-likeness (QED) is 0.759. The summed E-state index contributed by atoms with van der Waals surface area (Å²) < 4.78 is 1.59. The van der Waals surface area contributed by atoms with Gasteiger partial charge in [-0.3, -0.25) is 4.79 Å². The number of aromatic nitrogens is 1. The number of nitrogens with zero attached hydrogens (tertiary/aromatic N) is 1. The van der Waals surface area contributed by atoms with Crippen molar-refractivity contribution in [3.05, 3.63) is 69.6 Å². The first kappa shape index (κ1) is 9.99. The van der Waals surface area contributed by atoms with Crippen molar-refractivity contribution in [2.24, 2.45) is 0 Å². The highest BCUT2D eigenvalue weighted by molar-refractivity contribution is 6.30. The highest BCUT2D eigenvalue weighted by Crippen LogP contribution is 2.10. The van der Waals surface area contributed by atoms with Gasteiger partial charge in [-0.2, -0.15) is 0 Å². The molecule has 2 aromatic rings. The van der Waals surface area contributed by atoms with Crippen molar-refractivity contribution >= 4 is 11.6 Å². The van der Waals surface area contributed by atoms with Gasteiger partial charge in [-0.15, -0.1) is 0 Å². The zero-order valence-electron chi connectivity index (χ0n) is 7.98. The average molecular weight is 219 g/mol. The third kappa shape index (κ3) is 2.48. The Morgan fingerprint density at radius 1 is 1.33 bits per heavy atom. The topological polar surface area (TPSA) is 22.0 Å². The van der Waals surface area contributed by atoms with Gasteiger partial charge in [-0.25, -0.2) is 0 Å². The largest absolute Gasteiger partial charge is 0.311 e. The molecule has 15 heavy (non-hydrogen) atoms. The molecule has 1 heterocycles. The van der Waals surface area contributed by atoms with Gasteiger partial charge in [0.15, 0.2) is 0 Å². The van der Waals surface area contributed by atoms with Crippen LogP contribution in [0.25, 0.3) is 0 Å². The lowest BCUT2D eigenvalue weighted by Crippen LogP contribution is -2.18. The van der Waals surface area contributed by atoms with Gasteiger partial charge in [0.1, 0.15) is 0 Å². The van der Waals surface area contributed by atoms with Crippen LogP contribution in [0.4, 0.5) is 0 Å². The van der Waals surface area contributed by atoms with Gasteiger partial charge in [0, 0.05) is 11.2 Å². The molecule has 1 aromatic carbocycles. The Bertz CT molecular complexity index is 519. The van der Waals surface area contributed by atoms with Crippen molar-refractivity contribution in [1.29, 1.82) is 0 Å². The van der Waals surface area contributed by atoms with Gasteiger partial charge in [0.25, 0.3) is 5.56 Å². The molecule has 0 N–H and O–H groups in total. The number of benzene rings is 1. The Morgan fingerprint density at radius 2 is 2.20 bits per heavy atom. The fraction of sp³-hybridized carbons (Fsp3) is 0.0833. The molecule has 0 saturated heterocycles. The minimum atomic E-state index is -0.127. The van der Waals surface area contributed by atoms with E-state index >= 15 is 0 Å². The highest BCUT2D eigenvalue weighted by Gasteiger charge is 1.97. The molecule has 0 bridgehead atoms. The van der Waals surface area contributed by atoms with Crippen LogP contribution in [0, 0.1) is 6.07 Å². The summed E-state index contributed by atoms with van der Waals surface area (Å²) in [7, 11) is 0. The minimum absolute atomic E-state index is 0.127. The lowest BCUT2D eigenvalue weighted by molar-refractivity contribution is 0.758. The van der Waals surface area contributed by atoms with Crippen LogP contribution >= 0.6 is 11.6 Å². The molecule has 0 fully saturated rings.